The highest BCUT2D eigenvalue weighted by molar-refractivity contribution is 6.30. The van der Waals surface area contributed by atoms with Crippen molar-refractivity contribution in [2.75, 3.05) is 12.3 Å². The van der Waals surface area contributed by atoms with Gasteiger partial charge in [0.2, 0.25) is 0 Å². The lowest BCUT2D eigenvalue weighted by molar-refractivity contribution is 0.0436. The highest BCUT2D eigenvalue weighted by Gasteiger charge is 2.26. The number of hydrogen-bond donors (Lipinski definition) is 1. The van der Waals surface area contributed by atoms with Crippen molar-refractivity contribution in [2.24, 2.45) is 5.92 Å². The van der Waals surface area contributed by atoms with Crippen molar-refractivity contribution in [3.63, 3.8) is 0 Å². The Hall–Kier alpha value is -3.12. The fraction of sp³-hybridized carbons (Fsp3) is 0.261. The molecule has 2 heterocycles. The molecule has 0 spiro atoms. The zero-order chi connectivity index (χ0) is 21.3. The molecule has 0 fully saturated rings. The lowest BCUT2D eigenvalue weighted by Crippen LogP contribution is -2.15. The molecule has 0 aliphatic heterocycles. The number of para-hydroxylation sites is 2. The number of ether oxygens (including phenoxy) is 1. The van der Waals surface area contributed by atoms with Crippen LogP contribution < -0.4 is 5.73 Å². The van der Waals surface area contributed by atoms with Gasteiger partial charge in [0.25, 0.3) is 0 Å². The number of carbonyl (C=O) groups is 1. The maximum absolute atomic E-state index is 13.1. The van der Waals surface area contributed by atoms with E-state index in [4.69, 9.17) is 32.0 Å². The first-order valence-corrected chi connectivity index (χ1v) is 10.4. The maximum Gasteiger partial charge on any atom is 0.344 e. The van der Waals surface area contributed by atoms with E-state index in [1.165, 1.54) is 0 Å². The molecule has 7 heteroatoms. The van der Waals surface area contributed by atoms with Gasteiger partial charge in [-0.25, -0.2) is 14.8 Å². The van der Waals surface area contributed by atoms with Crippen LogP contribution >= 0.6 is 11.6 Å². The Kier molecular flexibility index (Phi) is 5.59. The minimum absolute atomic E-state index is 0.231. The second kappa shape index (κ2) is 8.32. The van der Waals surface area contributed by atoms with E-state index in [1.807, 2.05) is 36.4 Å². The van der Waals surface area contributed by atoms with Crippen LogP contribution in [-0.2, 0) is 4.74 Å². The molecule has 154 valence electrons. The van der Waals surface area contributed by atoms with Gasteiger partial charge in [0.15, 0.2) is 5.65 Å². The Morgan fingerprint density at radius 1 is 1.10 bits per heavy atom. The van der Waals surface area contributed by atoms with Crippen LogP contribution in [0.5, 0.6) is 0 Å². The van der Waals surface area contributed by atoms with Crippen LogP contribution in [0.2, 0.25) is 5.02 Å². The van der Waals surface area contributed by atoms with Gasteiger partial charge in [0, 0.05) is 5.02 Å². The Morgan fingerprint density at radius 2 is 1.80 bits per heavy atom. The van der Waals surface area contributed by atoms with E-state index in [0.29, 0.717) is 45.4 Å². The topological polar surface area (TPSA) is 83.0 Å². The summed E-state index contributed by atoms with van der Waals surface area (Å²) in [7, 11) is 0. The Labute approximate surface area is 179 Å². The number of nitrogens with two attached hydrogens (primary N) is 1. The van der Waals surface area contributed by atoms with Crippen LogP contribution in [0.1, 0.15) is 37.0 Å². The molecular weight excluding hydrogens is 400 g/mol. The van der Waals surface area contributed by atoms with E-state index >= 15 is 0 Å². The minimum atomic E-state index is -0.491. The van der Waals surface area contributed by atoms with E-state index in [0.717, 1.165) is 12.8 Å². The normalized spacial score (nSPS) is 11.5. The lowest BCUT2D eigenvalue weighted by Gasteiger charge is -2.12. The molecule has 0 atom stereocenters. The number of halogens is 1. The molecule has 0 saturated carbocycles. The largest absolute Gasteiger partial charge is 0.462 e. The van der Waals surface area contributed by atoms with Gasteiger partial charge in [-0.15, -0.1) is 0 Å². The van der Waals surface area contributed by atoms with Crippen molar-refractivity contribution in [1.82, 2.24) is 14.5 Å². The predicted molar refractivity (Wildman–Crippen MR) is 120 cm³/mol. The fourth-order valence-electron chi connectivity index (χ4n) is 3.53. The van der Waals surface area contributed by atoms with Crippen molar-refractivity contribution >= 4 is 45.6 Å². The van der Waals surface area contributed by atoms with E-state index in [1.54, 1.807) is 16.7 Å². The Morgan fingerprint density at radius 3 is 2.47 bits per heavy atom. The highest BCUT2D eigenvalue weighted by Crippen LogP contribution is 2.32. The summed E-state index contributed by atoms with van der Waals surface area (Å²) in [6.07, 6.45) is 1.88. The van der Waals surface area contributed by atoms with Gasteiger partial charge in [0.05, 0.1) is 23.3 Å². The molecule has 2 N–H and O–H groups in total. The second-order valence-electron chi connectivity index (χ2n) is 7.24. The van der Waals surface area contributed by atoms with Gasteiger partial charge in [-0.2, -0.15) is 0 Å². The van der Waals surface area contributed by atoms with Crippen molar-refractivity contribution in [3.05, 3.63) is 59.1 Å². The number of benzene rings is 2. The third kappa shape index (κ3) is 3.59. The first kappa shape index (κ1) is 20.2. The maximum atomic E-state index is 13.1. The van der Waals surface area contributed by atoms with Crippen molar-refractivity contribution in [2.45, 2.75) is 26.7 Å². The summed E-state index contributed by atoms with van der Waals surface area (Å²) in [6, 6.07) is 14.7. The van der Waals surface area contributed by atoms with Crippen LogP contribution in [0, 0.1) is 5.92 Å². The zero-order valence-electron chi connectivity index (χ0n) is 16.9. The van der Waals surface area contributed by atoms with Gasteiger partial charge in [0.1, 0.15) is 16.9 Å². The average Bonchev–Trinajstić information content (AvgIpc) is 3.03. The molecule has 0 saturated heterocycles. The first-order chi connectivity index (χ1) is 14.5. The van der Waals surface area contributed by atoms with Crippen LogP contribution in [0.4, 0.5) is 5.82 Å². The quantitative estimate of drug-likeness (QED) is 0.420. The molecule has 0 aliphatic rings. The zero-order valence-corrected chi connectivity index (χ0v) is 17.7. The molecule has 0 unspecified atom stereocenters. The fourth-order valence-corrected chi connectivity index (χ4v) is 3.71. The molecular formula is C23H23ClN4O2. The van der Waals surface area contributed by atoms with E-state index in [-0.39, 0.29) is 11.4 Å². The van der Waals surface area contributed by atoms with Gasteiger partial charge in [-0.05, 0) is 36.2 Å². The van der Waals surface area contributed by atoms with E-state index in [9.17, 15) is 4.79 Å². The van der Waals surface area contributed by atoms with E-state index < -0.39 is 5.97 Å². The molecule has 2 aromatic carbocycles. The number of fused-ring (bicyclic) bond motifs is 2. The van der Waals surface area contributed by atoms with Crippen LogP contribution in [-0.4, -0.2) is 27.1 Å². The molecule has 30 heavy (non-hydrogen) atoms. The lowest BCUT2D eigenvalue weighted by atomic mass is 10.1. The van der Waals surface area contributed by atoms with Crippen molar-refractivity contribution in [1.29, 1.82) is 0 Å². The number of hydrogen-bond acceptors (Lipinski definition) is 5. The summed E-state index contributed by atoms with van der Waals surface area (Å²) in [5.74, 6) is 0.0512. The highest BCUT2D eigenvalue weighted by atomic mass is 35.5. The SMILES string of the molecule is CCC(CC)COC(=O)c1c(N)n(-c2cccc(Cl)c2)c2nc3ccccc3nc12. The number of carbonyl (C=O) groups excluding carboxylic acids is 1. The number of rotatable bonds is 6. The molecule has 6 nitrogen and oxygen atoms in total. The summed E-state index contributed by atoms with van der Waals surface area (Å²) in [5, 5.41) is 0.556. The molecule has 0 radical (unpaired) electrons. The summed E-state index contributed by atoms with van der Waals surface area (Å²) < 4.78 is 7.32. The Bertz CT molecular complexity index is 1230. The molecule has 0 aliphatic carbocycles. The third-order valence-electron chi connectivity index (χ3n) is 5.37. The van der Waals surface area contributed by atoms with Gasteiger partial charge < -0.3 is 10.5 Å². The molecule has 0 amide bonds. The summed E-state index contributed by atoms with van der Waals surface area (Å²) in [6.45, 7) is 4.51. The molecule has 2 aromatic heterocycles. The summed E-state index contributed by atoms with van der Waals surface area (Å²) in [5.41, 5.74) is 9.71. The van der Waals surface area contributed by atoms with Crippen LogP contribution in [0.15, 0.2) is 48.5 Å². The van der Waals surface area contributed by atoms with Gasteiger partial charge in [-0.3, -0.25) is 4.57 Å². The number of aromatic nitrogens is 3. The van der Waals surface area contributed by atoms with Gasteiger partial charge in [-0.1, -0.05) is 56.5 Å². The van der Waals surface area contributed by atoms with E-state index in [2.05, 4.69) is 13.8 Å². The molecule has 0 bridgehead atoms. The number of nitrogen functional groups attached to an aromatic ring is 1. The first-order valence-electron chi connectivity index (χ1n) is 10.0. The molecule has 4 rings (SSSR count). The monoisotopic (exact) mass is 422 g/mol. The second-order valence-corrected chi connectivity index (χ2v) is 7.68. The van der Waals surface area contributed by atoms with Gasteiger partial charge >= 0.3 is 5.97 Å². The predicted octanol–water partition coefficient (Wildman–Crippen LogP) is 5.40. The number of esters is 1. The smallest absolute Gasteiger partial charge is 0.344 e. The van der Waals surface area contributed by atoms with Crippen molar-refractivity contribution < 1.29 is 9.53 Å². The standard InChI is InChI=1S/C23H23ClN4O2/c1-3-14(4-2)13-30-23(29)19-20-22(27-18-11-6-5-10-17(18)26-20)28(21(19)25)16-9-7-8-15(24)12-16/h5-12,14H,3-4,13,25H2,1-2H3. The molecule has 4 aromatic rings. The van der Waals surface area contributed by atoms with Crippen LogP contribution in [0.25, 0.3) is 27.9 Å². The Balaban J connectivity index is 1.92. The summed E-state index contributed by atoms with van der Waals surface area (Å²) in [4.78, 5) is 22.5. The minimum Gasteiger partial charge on any atom is -0.462 e. The third-order valence-corrected chi connectivity index (χ3v) is 5.61. The van der Waals surface area contributed by atoms with Crippen LogP contribution in [0.3, 0.4) is 0 Å². The number of anilines is 1. The average molecular weight is 423 g/mol. The summed E-state index contributed by atoms with van der Waals surface area (Å²) >= 11 is 6.20. The van der Waals surface area contributed by atoms with Crippen molar-refractivity contribution in [3.8, 4) is 5.69 Å². The number of nitrogens with zero attached hydrogens (tertiary/aromatic N) is 3.